The highest BCUT2D eigenvalue weighted by Gasteiger charge is 2.34. The van der Waals surface area contributed by atoms with Gasteiger partial charge in [0, 0.05) is 30.4 Å². The lowest BCUT2D eigenvalue weighted by molar-refractivity contribution is -0.138. The van der Waals surface area contributed by atoms with Gasteiger partial charge in [0.1, 0.15) is 0 Å². The van der Waals surface area contributed by atoms with E-state index in [4.69, 9.17) is 5.73 Å². The topological polar surface area (TPSA) is 56.0 Å². The average molecular weight is 246 g/mol. The Kier molecular flexibility index (Phi) is 4.22. The van der Waals surface area contributed by atoms with Crippen molar-refractivity contribution in [1.29, 1.82) is 0 Å². The van der Waals surface area contributed by atoms with Gasteiger partial charge < -0.3 is 5.73 Å². The molecule has 0 aliphatic rings. The van der Waals surface area contributed by atoms with Crippen LogP contribution in [0.1, 0.15) is 35.7 Å². The third-order valence-electron chi connectivity index (χ3n) is 2.25. The number of pyridine rings is 1. The van der Waals surface area contributed by atoms with Gasteiger partial charge in [0.25, 0.3) is 0 Å². The minimum absolute atomic E-state index is 0.00750. The van der Waals surface area contributed by atoms with E-state index < -0.39 is 17.5 Å². The summed E-state index contributed by atoms with van der Waals surface area (Å²) < 4.78 is 37.8. The summed E-state index contributed by atoms with van der Waals surface area (Å²) in [5, 5.41) is 0. The summed E-state index contributed by atoms with van der Waals surface area (Å²) in [6, 6.07) is 0.587. The average Bonchev–Trinajstić information content (AvgIpc) is 2.24. The van der Waals surface area contributed by atoms with Gasteiger partial charge in [-0.2, -0.15) is 13.2 Å². The van der Waals surface area contributed by atoms with Crippen molar-refractivity contribution in [2.45, 2.75) is 32.0 Å². The van der Waals surface area contributed by atoms with Gasteiger partial charge in [-0.05, 0) is 19.4 Å². The number of hydrogen-bond donors (Lipinski definition) is 1. The summed E-state index contributed by atoms with van der Waals surface area (Å²) in [7, 11) is 0. The highest BCUT2D eigenvalue weighted by Crippen LogP contribution is 2.32. The maximum Gasteiger partial charge on any atom is 0.417 e. The molecule has 0 radical (unpaired) electrons. The van der Waals surface area contributed by atoms with E-state index in [2.05, 4.69) is 4.98 Å². The standard InChI is InChI=1S/C11H13F3N2O/c1-7(15)2-3-10(17)8-6-16-5-4-9(8)11(12,13)14/h4-7H,2-3,15H2,1H3. The minimum Gasteiger partial charge on any atom is -0.328 e. The molecular formula is C11H13F3N2O. The van der Waals surface area contributed by atoms with Gasteiger partial charge >= 0.3 is 6.18 Å². The number of ketones is 1. The Hall–Kier alpha value is -1.43. The molecule has 0 fully saturated rings. The Morgan fingerprint density at radius 2 is 2.18 bits per heavy atom. The molecule has 1 atom stereocenters. The summed E-state index contributed by atoms with van der Waals surface area (Å²) in [4.78, 5) is 15.2. The Labute approximate surface area is 96.8 Å². The molecule has 0 aromatic carbocycles. The van der Waals surface area contributed by atoms with Crippen LogP contribution in [-0.2, 0) is 6.18 Å². The van der Waals surface area contributed by atoms with Crippen molar-refractivity contribution in [2.24, 2.45) is 5.73 Å². The second kappa shape index (κ2) is 5.27. The highest BCUT2D eigenvalue weighted by atomic mass is 19.4. The number of nitrogens with zero attached hydrogens (tertiary/aromatic N) is 1. The van der Waals surface area contributed by atoms with Crippen LogP contribution in [0.25, 0.3) is 0 Å². The Morgan fingerprint density at radius 3 is 2.71 bits per heavy atom. The largest absolute Gasteiger partial charge is 0.417 e. The first-order valence-corrected chi connectivity index (χ1v) is 5.12. The van der Waals surface area contributed by atoms with Crippen LogP contribution >= 0.6 is 0 Å². The molecule has 1 aromatic rings. The zero-order valence-electron chi connectivity index (χ0n) is 9.29. The quantitative estimate of drug-likeness (QED) is 0.830. The van der Waals surface area contributed by atoms with Crippen molar-refractivity contribution in [3.63, 3.8) is 0 Å². The first kappa shape index (κ1) is 13.6. The van der Waals surface area contributed by atoms with E-state index in [0.717, 1.165) is 18.5 Å². The second-order valence-electron chi connectivity index (χ2n) is 3.86. The lowest BCUT2D eigenvalue weighted by atomic mass is 10.0. The predicted molar refractivity (Wildman–Crippen MR) is 56.5 cm³/mol. The molecule has 0 bridgehead atoms. The number of Topliss-reactive ketones (excluding diaryl/α,β-unsaturated/α-hetero) is 1. The molecule has 0 spiro atoms. The SMILES string of the molecule is CC(N)CCC(=O)c1cnccc1C(F)(F)F. The molecule has 0 saturated heterocycles. The van der Waals surface area contributed by atoms with E-state index in [1.165, 1.54) is 0 Å². The van der Waals surface area contributed by atoms with Gasteiger partial charge in [-0.15, -0.1) is 0 Å². The van der Waals surface area contributed by atoms with E-state index in [9.17, 15) is 18.0 Å². The normalized spacial score (nSPS) is 13.5. The number of hydrogen-bond acceptors (Lipinski definition) is 3. The second-order valence-corrected chi connectivity index (χ2v) is 3.86. The van der Waals surface area contributed by atoms with Crippen LogP contribution in [0.5, 0.6) is 0 Å². The molecule has 6 heteroatoms. The van der Waals surface area contributed by atoms with Crippen LogP contribution in [0.15, 0.2) is 18.5 Å². The maximum absolute atomic E-state index is 12.6. The highest BCUT2D eigenvalue weighted by molar-refractivity contribution is 5.97. The number of aromatic nitrogens is 1. The van der Waals surface area contributed by atoms with E-state index in [1.54, 1.807) is 6.92 Å². The fourth-order valence-electron chi connectivity index (χ4n) is 1.36. The lowest BCUT2D eigenvalue weighted by Gasteiger charge is -2.11. The number of carbonyl (C=O) groups excluding carboxylic acids is 1. The molecule has 1 unspecified atom stereocenters. The first-order chi connectivity index (χ1) is 7.82. The molecule has 1 rings (SSSR count). The van der Waals surface area contributed by atoms with Gasteiger partial charge in [0.05, 0.1) is 5.56 Å². The van der Waals surface area contributed by atoms with E-state index in [1.807, 2.05) is 0 Å². The molecule has 0 aliphatic heterocycles. The van der Waals surface area contributed by atoms with Crippen molar-refractivity contribution in [1.82, 2.24) is 4.98 Å². The van der Waals surface area contributed by atoms with E-state index in [0.29, 0.717) is 6.42 Å². The van der Waals surface area contributed by atoms with Gasteiger partial charge in [0.2, 0.25) is 0 Å². The summed E-state index contributed by atoms with van der Waals surface area (Å²) >= 11 is 0. The van der Waals surface area contributed by atoms with Crippen molar-refractivity contribution in [3.8, 4) is 0 Å². The molecular weight excluding hydrogens is 233 g/mol. The lowest BCUT2D eigenvalue weighted by Crippen LogP contribution is -2.18. The van der Waals surface area contributed by atoms with E-state index >= 15 is 0 Å². The monoisotopic (exact) mass is 246 g/mol. The Bertz CT molecular complexity index is 402. The van der Waals surface area contributed by atoms with Crippen LogP contribution in [0.2, 0.25) is 0 Å². The van der Waals surface area contributed by atoms with E-state index in [-0.39, 0.29) is 18.0 Å². The molecule has 0 saturated carbocycles. The number of alkyl halides is 3. The Balaban J connectivity index is 2.94. The van der Waals surface area contributed by atoms with Crippen molar-refractivity contribution in [3.05, 3.63) is 29.6 Å². The van der Waals surface area contributed by atoms with Crippen LogP contribution < -0.4 is 5.73 Å². The molecule has 1 aromatic heterocycles. The van der Waals surface area contributed by atoms with Gasteiger partial charge in [0.15, 0.2) is 5.78 Å². The summed E-state index contributed by atoms with van der Waals surface area (Å²) in [6.45, 7) is 1.70. The molecule has 3 nitrogen and oxygen atoms in total. The zero-order valence-corrected chi connectivity index (χ0v) is 9.29. The summed E-state index contributed by atoms with van der Waals surface area (Å²) in [5.74, 6) is -0.581. The smallest absolute Gasteiger partial charge is 0.328 e. The van der Waals surface area contributed by atoms with Gasteiger partial charge in [-0.25, -0.2) is 0 Å². The summed E-state index contributed by atoms with van der Waals surface area (Å²) in [5.41, 5.74) is 4.12. The van der Waals surface area contributed by atoms with Crippen molar-refractivity contribution in [2.75, 3.05) is 0 Å². The first-order valence-electron chi connectivity index (χ1n) is 5.12. The predicted octanol–water partition coefficient (Wildman–Crippen LogP) is 2.41. The molecule has 94 valence electrons. The van der Waals surface area contributed by atoms with Crippen LogP contribution in [-0.4, -0.2) is 16.8 Å². The fourth-order valence-corrected chi connectivity index (χ4v) is 1.36. The molecule has 0 amide bonds. The van der Waals surface area contributed by atoms with Crippen molar-refractivity contribution >= 4 is 5.78 Å². The fraction of sp³-hybridized carbons (Fsp3) is 0.455. The number of carbonyl (C=O) groups is 1. The number of rotatable bonds is 4. The molecule has 0 aliphatic carbocycles. The van der Waals surface area contributed by atoms with Crippen LogP contribution in [0.4, 0.5) is 13.2 Å². The third-order valence-corrected chi connectivity index (χ3v) is 2.25. The number of halogens is 3. The molecule has 2 N–H and O–H groups in total. The zero-order chi connectivity index (χ0) is 13.1. The van der Waals surface area contributed by atoms with Crippen LogP contribution in [0.3, 0.4) is 0 Å². The Morgan fingerprint density at radius 1 is 1.53 bits per heavy atom. The third kappa shape index (κ3) is 3.81. The van der Waals surface area contributed by atoms with Crippen LogP contribution in [0, 0.1) is 0 Å². The maximum atomic E-state index is 12.6. The van der Waals surface area contributed by atoms with Gasteiger partial charge in [-0.3, -0.25) is 9.78 Å². The minimum atomic E-state index is -4.54. The molecule has 1 heterocycles. The van der Waals surface area contributed by atoms with Crippen molar-refractivity contribution < 1.29 is 18.0 Å². The molecule has 17 heavy (non-hydrogen) atoms. The van der Waals surface area contributed by atoms with Gasteiger partial charge in [-0.1, -0.05) is 0 Å². The number of nitrogens with two attached hydrogens (primary N) is 1. The summed E-state index contributed by atoms with van der Waals surface area (Å²) in [6.07, 6.45) is -2.22.